The van der Waals surface area contributed by atoms with E-state index in [9.17, 15) is 15.0 Å². The van der Waals surface area contributed by atoms with Crippen LogP contribution >= 0.6 is 0 Å². The van der Waals surface area contributed by atoms with Gasteiger partial charge in [0.2, 0.25) is 0 Å². The Morgan fingerprint density at radius 1 is 1.10 bits per heavy atom. The molecule has 0 radical (unpaired) electrons. The Morgan fingerprint density at radius 3 is 2.52 bits per heavy atom. The van der Waals surface area contributed by atoms with Gasteiger partial charge in [-0.1, -0.05) is 70.3 Å². The molecule has 0 aromatic carbocycles. The van der Waals surface area contributed by atoms with Gasteiger partial charge in [0.15, 0.2) is 0 Å². The Hall–Kier alpha value is -1.61. The van der Waals surface area contributed by atoms with Crippen molar-refractivity contribution in [3.8, 4) is 0 Å². The summed E-state index contributed by atoms with van der Waals surface area (Å²) < 4.78 is 4.36. The van der Waals surface area contributed by atoms with E-state index >= 15 is 0 Å². The third kappa shape index (κ3) is 9.62. The fourth-order valence-corrected chi connectivity index (χ4v) is 3.85. The normalized spacial score (nSPS) is 21.3. The number of rotatable bonds is 14. The van der Waals surface area contributed by atoms with Gasteiger partial charge in [0.1, 0.15) is 0 Å². The Kier molecular flexibility index (Phi) is 12.6. The van der Waals surface area contributed by atoms with Crippen molar-refractivity contribution in [2.24, 2.45) is 17.8 Å². The van der Waals surface area contributed by atoms with Crippen molar-refractivity contribution in [1.82, 2.24) is 0 Å². The fraction of sp³-hybridized carbons (Fsp3) is 0.680. The third-order valence-electron chi connectivity index (χ3n) is 5.70. The van der Waals surface area contributed by atoms with Crippen LogP contribution in [-0.2, 0) is 9.53 Å². The van der Waals surface area contributed by atoms with E-state index in [1.54, 1.807) is 0 Å². The Balaban J connectivity index is 2.47. The zero-order valence-corrected chi connectivity index (χ0v) is 18.5. The molecule has 4 nitrogen and oxygen atoms in total. The average Bonchev–Trinajstić information content (AvgIpc) is 3.10. The highest BCUT2D eigenvalue weighted by molar-refractivity contribution is 5.77. The number of ether oxygens (including phenoxy) is 1. The maximum absolute atomic E-state index is 11.2. The molecule has 0 aromatic rings. The zero-order valence-electron chi connectivity index (χ0n) is 18.5. The molecule has 0 aliphatic heterocycles. The van der Waals surface area contributed by atoms with Crippen LogP contribution in [0.15, 0.2) is 42.2 Å². The van der Waals surface area contributed by atoms with Crippen LogP contribution < -0.4 is 0 Å². The summed E-state index contributed by atoms with van der Waals surface area (Å²) >= 11 is 0. The van der Waals surface area contributed by atoms with Gasteiger partial charge in [0, 0.05) is 6.42 Å². The molecule has 29 heavy (non-hydrogen) atoms. The highest BCUT2D eigenvalue weighted by atomic mass is 16.6. The van der Waals surface area contributed by atoms with Gasteiger partial charge >= 0.3 is 5.97 Å². The maximum Gasteiger partial charge on any atom is 0.366 e. The van der Waals surface area contributed by atoms with Crippen LogP contribution in [0.4, 0.5) is 0 Å². The van der Waals surface area contributed by atoms with Crippen molar-refractivity contribution in [1.29, 1.82) is 0 Å². The molecule has 164 valence electrons. The van der Waals surface area contributed by atoms with Gasteiger partial charge < -0.3 is 14.9 Å². The van der Waals surface area contributed by atoms with Crippen molar-refractivity contribution >= 4 is 5.97 Å². The number of carbonyl (C=O) groups excluding carboxylic acids is 1. The highest BCUT2D eigenvalue weighted by Gasteiger charge is 2.33. The molecule has 0 heterocycles. The Bertz CT molecular complexity index is 582. The van der Waals surface area contributed by atoms with Crippen LogP contribution in [0.2, 0.25) is 0 Å². The smallest absolute Gasteiger partial charge is 0.366 e. The molecule has 0 saturated heterocycles. The minimum absolute atomic E-state index is 0.238. The van der Waals surface area contributed by atoms with Crippen LogP contribution in [0.3, 0.4) is 0 Å². The van der Waals surface area contributed by atoms with Crippen molar-refractivity contribution in [2.45, 2.75) is 83.8 Å². The van der Waals surface area contributed by atoms with E-state index in [4.69, 9.17) is 0 Å². The van der Waals surface area contributed by atoms with E-state index < -0.39 is 11.8 Å². The molecular weight excluding hydrogens is 364 g/mol. The van der Waals surface area contributed by atoms with Gasteiger partial charge in [-0.2, -0.15) is 0 Å². The molecular formula is C25H40O4. The largest absolute Gasteiger partial charge is 0.465 e. The second kappa shape index (κ2) is 14.4. The number of hydrogen-bond donors (Lipinski definition) is 2. The average molecular weight is 405 g/mol. The molecule has 0 saturated carbocycles. The molecule has 0 unspecified atom stereocenters. The molecule has 0 amide bonds. The second-order valence-corrected chi connectivity index (χ2v) is 8.01. The molecule has 0 bridgehead atoms. The number of methoxy groups -OCH3 is 1. The lowest BCUT2D eigenvalue weighted by Crippen LogP contribution is -2.38. The summed E-state index contributed by atoms with van der Waals surface area (Å²) in [6.45, 7) is 4.46. The van der Waals surface area contributed by atoms with E-state index in [0.29, 0.717) is 17.8 Å². The Morgan fingerprint density at radius 2 is 1.83 bits per heavy atom. The van der Waals surface area contributed by atoms with E-state index in [1.165, 1.54) is 44.6 Å². The molecule has 0 aromatic heterocycles. The molecule has 3 atom stereocenters. The van der Waals surface area contributed by atoms with Gasteiger partial charge in [-0.15, -0.1) is 5.73 Å². The van der Waals surface area contributed by atoms with E-state index in [1.807, 2.05) is 6.08 Å². The Labute approximate surface area is 177 Å². The lowest BCUT2D eigenvalue weighted by molar-refractivity contribution is -0.205. The predicted octanol–water partition coefficient (Wildman–Crippen LogP) is 5.47. The first-order chi connectivity index (χ1) is 14.0. The molecule has 1 aliphatic rings. The summed E-state index contributed by atoms with van der Waals surface area (Å²) in [5, 5.41) is 19.2. The molecule has 0 spiro atoms. The van der Waals surface area contributed by atoms with Crippen LogP contribution in [0.5, 0.6) is 0 Å². The lowest BCUT2D eigenvalue weighted by Gasteiger charge is -2.21. The van der Waals surface area contributed by atoms with Crippen LogP contribution in [-0.4, -0.2) is 29.1 Å². The van der Waals surface area contributed by atoms with Gasteiger partial charge in [-0.05, 0) is 55.6 Å². The predicted molar refractivity (Wildman–Crippen MR) is 118 cm³/mol. The van der Waals surface area contributed by atoms with Crippen molar-refractivity contribution in [3.63, 3.8) is 0 Å². The summed E-state index contributed by atoms with van der Waals surface area (Å²) in [6.07, 6.45) is 23.6. The number of allylic oxidation sites excluding steroid dienone is 4. The van der Waals surface area contributed by atoms with Crippen molar-refractivity contribution < 1.29 is 19.7 Å². The SMILES string of the molecule is CCCCCCCCC=C[C@H]1C=C[C@H](CC)[C@H]1CC=C=CCC(O)(O)C(=O)OC. The maximum atomic E-state index is 11.2. The van der Waals surface area contributed by atoms with Crippen LogP contribution in [0, 0.1) is 17.8 Å². The van der Waals surface area contributed by atoms with Crippen LogP contribution in [0.25, 0.3) is 0 Å². The number of aliphatic hydroxyl groups is 2. The summed E-state index contributed by atoms with van der Waals surface area (Å²) in [5.41, 5.74) is 2.98. The van der Waals surface area contributed by atoms with E-state index in [2.05, 4.69) is 48.6 Å². The van der Waals surface area contributed by atoms with Crippen molar-refractivity contribution in [3.05, 3.63) is 42.2 Å². The first kappa shape index (κ1) is 25.4. The molecule has 0 fully saturated rings. The highest BCUT2D eigenvalue weighted by Crippen LogP contribution is 2.36. The van der Waals surface area contributed by atoms with Gasteiger partial charge in [0.25, 0.3) is 5.79 Å². The molecule has 2 N–H and O–H groups in total. The zero-order chi connectivity index (χ0) is 21.5. The van der Waals surface area contributed by atoms with Crippen LogP contribution in [0.1, 0.15) is 78.1 Å². The van der Waals surface area contributed by atoms with E-state index in [0.717, 1.165) is 26.4 Å². The van der Waals surface area contributed by atoms with Crippen molar-refractivity contribution in [2.75, 3.05) is 7.11 Å². The molecule has 1 rings (SSSR count). The third-order valence-corrected chi connectivity index (χ3v) is 5.70. The number of carbonyl (C=O) groups is 1. The topological polar surface area (TPSA) is 66.8 Å². The summed E-state index contributed by atoms with van der Waals surface area (Å²) in [7, 11) is 1.13. The second-order valence-electron chi connectivity index (χ2n) is 8.01. The fourth-order valence-electron chi connectivity index (χ4n) is 3.85. The molecule has 1 aliphatic carbocycles. The molecule has 4 heteroatoms. The first-order valence-corrected chi connectivity index (χ1v) is 11.2. The lowest BCUT2D eigenvalue weighted by atomic mass is 9.83. The number of esters is 1. The minimum Gasteiger partial charge on any atom is -0.465 e. The van der Waals surface area contributed by atoms with Gasteiger partial charge in [-0.3, -0.25) is 0 Å². The first-order valence-electron chi connectivity index (χ1n) is 11.2. The standard InChI is InChI=1S/C25H40O4/c1-4-6-7-8-9-10-11-13-16-22-19-18-21(5-2)23(22)17-14-12-15-20-25(27,28)24(26)29-3/h13-16,18-19,21-23,27-28H,4-11,17,20H2,1-3H3/t12?,21-,22-,23+/m0/s1. The summed E-state index contributed by atoms with van der Waals surface area (Å²) in [6, 6.07) is 0. The van der Waals surface area contributed by atoms with Gasteiger partial charge in [0.05, 0.1) is 7.11 Å². The van der Waals surface area contributed by atoms with Gasteiger partial charge in [-0.25, -0.2) is 4.79 Å². The summed E-state index contributed by atoms with van der Waals surface area (Å²) in [4.78, 5) is 11.2. The monoisotopic (exact) mass is 404 g/mol. The number of hydrogen-bond acceptors (Lipinski definition) is 4. The minimum atomic E-state index is -2.49. The van der Waals surface area contributed by atoms with E-state index in [-0.39, 0.29) is 6.42 Å². The quantitative estimate of drug-likeness (QED) is 0.132. The summed E-state index contributed by atoms with van der Waals surface area (Å²) in [5.74, 6) is -2.03. The number of unbranched alkanes of at least 4 members (excludes halogenated alkanes) is 6.